The number of anilines is 1. The Balaban J connectivity index is 1.50. The Bertz CT molecular complexity index is 1510. The minimum absolute atomic E-state index is 0.0892. The highest BCUT2D eigenvalue weighted by Crippen LogP contribution is 2.36. The summed E-state index contributed by atoms with van der Waals surface area (Å²) in [6, 6.07) is 5.03. The van der Waals surface area contributed by atoms with Crippen LogP contribution in [-0.2, 0) is 35.3 Å². The number of hydrogen-bond acceptors (Lipinski definition) is 10. The molecule has 0 saturated carbocycles. The number of aliphatic hydroxyl groups excluding tert-OH is 1. The third kappa shape index (κ3) is 15.3. The van der Waals surface area contributed by atoms with Gasteiger partial charge in [-0.25, -0.2) is 4.79 Å². The number of carbonyl (C=O) groups excluding carboxylic acids is 6. The van der Waals surface area contributed by atoms with Crippen LogP contribution in [0, 0.1) is 28.6 Å². The molecule has 0 aliphatic carbocycles. The number of carbonyl (C=O) groups is 6. The largest absolute Gasteiger partial charge is 0.445 e. The fraction of sp³-hybridized carbons (Fsp3) is 0.714. The van der Waals surface area contributed by atoms with Crippen molar-refractivity contribution in [2.75, 3.05) is 31.5 Å². The number of likely N-dealkylation sites (tertiary alicyclic amines) is 2. The third-order valence-electron chi connectivity index (χ3n) is 11.1. The smallest absolute Gasteiger partial charge is 0.410 e. The van der Waals surface area contributed by atoms with E-state index < -0.39 is 30.2 Å². The van der Waals surface area contributed by atoms with Crippen LogP contribution in [0.2, 0.25) is 0 Å². The molecule has 1 aromatic carbocycles. The second-order valence-corrected chi connectivity index (χ2v) is 18.1. The lowest BCUT2D eigenvalue weighted by Gasteiger charge is -2.38. The first-order chi connectivity index (χ1) is 26.7. The van der Waals surface area contributed by atoms with Gasteiger partial charge in [0.15, 0.2) is 6.35 Å². The zero-order valence-corrected chi connectivity index (χ0v) is 35.4. The summed E-state index contributed by atoms with van der Waals surface area (Å²) >= 11 is 0. The monoisotopic (exact) mass is 800 g/mol. The second-order valence-electron chi connectivity index (χ2n) is 18.1. The van der Waals surface area contributed by atoms with Gasteiger partial charge in [0, 0.05) is 38.2 Å². The molecule has 2 heterocycles. The molecule has 0 radical (unpaired) electrons. The number of nitrogens with one attached hydrogen (secondary N) is 4. The van der Waals surface area contributed by atoms with Crippen LogP contribution < -0.4 is 27.0 Å². The van der Waals surface area contributed by atoms with Crippen LogP contribution >= 0.6 is 0 Å². The summed E-state index contributed by atoms with van der Waals surface area (Å²) in [5.74, 6) is -1.62. The molecular formula is C42H69N7O8. The Morgan fingerprint density at radius 3 is 2.11 bits per heavy atom. The SMILES string of the molecule is CC(C)[C@H](NC(=O)CCCCCN1C(=O)CC(C(C)(C)C)C1=O)C(=O)N[C@@H](CCCNC(N)O)C(=O)Nc1ccc(COC(=O)N2CCC(C(C)(C)C)CC2)cc1. The van der Waals surface area contributed by atoms with Crippen LogP contribution in [-0.4, -0.2) is 95.2 Å². The van der Waals surface area contributed by atoms with Gasteiger partial charge in [0.1, 0.15) is 18.7 Å². The van der Waals surface area contributed by atoms with Crippen molar-refractivity contribution in [3.63, 3.8) is 0 Å². The third-order valence-corrected chi connectivity index (χ3v) is 11.1. The van der Waals surface area contributed by atoms with E-state index in [2.05, 4.69) is 42.0 Å². The van der Waals surface area contributed by atoms with Crippen molar-refractivity contribution in [2.45, 2.75) is 138 Å². The molecule has 320 valence electrons. The molecule has 15 heteroatoms. The summed E-state index contributed by atoms with van der Waals surface area (Å²) < 4.78 is 5.57. The highest BCUT2D eigenvalue weighted by Gasteiger charge is 2.44. The van der Waals surface area contributed by atoms with E-state index in [1.165, 1.54) is 4.90 Å². The van der Waals surface area contributed by atoms with Gasteiger partial charge in [-0.15, -0.1) is 0 Å². The van der Waals surface area contributed by atoms with Gasteiger partial charge >= 0.3 is 6.09 Å². The number of rotatable bonds is 19. The Labute approximate surface area is 338 Å². The van der Waals surface area contributed by atoms with Crippen molar-refractivity contribution in [1.82, 2.24) is 25.8 Å². The molecule has 7 N–H and O–H groups in total. The fourth-order valence-corrected chi connectivity index (χ4v) is 7.27. The predicted molar refractivity (Wildman–Crippen MR) is 218 cm³/mol. The summed E-state index contributed by atoms with van der Waals surface area (Å²) in [5, 5.41) is 20.5. The van der Waals surface area contributed by atoms with Crippen LogP contribution in [0.25, 0.3) is 0 Å². The Morgan fingerprint density at radius 1 is 0.895 bits per heavy atom. The van der Waals surface area contributed by atoms with Gasteiger partial charge in [-0.1, -0.05) is 73.9 Å². The molecule has 4 atom stereocenters. The number of hydrogen-bond donors (Lipinski definition) is 6. The molecular weight excluding hydrogens is 731 g/mol. The van der Waals surface area contributed by atoms with E-state index in [9.17, 15) is 33.9 Å². The van der Waals surface area contributed by atoms with Crippen LogP contribution in [0.1, 0.15) is 119 Å². The number of nitrogens with zero attached hydrogens (tertiary/aromatic N) is 2. The summed E-state index contributed by atoms with van der Waals surface area (Å²) in [6.07, 6.45) is 3.04. The first kappa shape index (κ1) is 47.3. The Hall–Kier alpha value is -4.08. The Kier molecular flexibility index (Phi) is 17.9. The number of imide groups is 1. The fourth-order valence-electron chi connectivity index (χ4n) is 7.27. The van der Waals surface area contributed by atoms with Gasteiger partial charge in [-0.05, 0) is 85.4 Å². The summed E-state index contributed by atoms with van der Waals surface area (Å²) in [5.41, 5.74) is 6.54. The average molecular weight is 800 g/mol. The first-order valence-corrected chi connectivity index (χ1v) is 20.6. The Morgan fingerprint density at radius 2 is 1.54 bits per heavy atom. The van der Waals surface area contributed by atoms with Gasteiger partial charge in [-0.2, -0.15) is 0 Å². The molecule has 0 bridgehead atoms. The maximum atomic E-state index is 13.6. The van der Waals surface area contributed by atoms with Crippen molar-refractivity contribution in [3.8, 4) is 0 Å². The number of ether oxygens (including phenoxy) is 1. The molecule has 2 fully saturated rings. The van der Waals surface area contributed by atoms with E-state index in [4.69, 9.17) is 10.5 Å². The van der Waals surface area contributed by atoms with Gasteiger partial charge in [0.25, 0.3) is 0 Å². The van der Waals surface area contributed by atoms with Gasteiger partial charge < -0.3 is 30.7 Å². The lowest BCUT2D eigenvalue weighted by atomic mass is 9.75. The van der Waals surface area contributed by atoms with E-state index in [0.29, 0.717) is 63.5 Å². The van der Waals surface area contributed by atoms with Crippen LogP contribution in [0.15, 0.2) is 24.3 Å². The van der Waals surface area contributed by atoms with Crippen molar-refractivity contribution >= 4 is 41.3 Å². The van der Waals surface area contributed by atoms with E-state index in [1.54, 1.807) is 43.0 Å². The van der Waals surface area contributed by atoms with Crippen molar-refractivity contribution in [2.24, 2.45) is 34.3 Å². The summed E-state index contributed by atoms with van der Waals surface area (Å²) in [7, 11) is 0. The molecule has 2 aliphatic rings. The van der Waals surface area contributed by atoms with E-state index in [0.717, 1.165) is 18.4 Å². The molecule has 1 aromatic rings. The summed E-state index contributed by atoms with van der Waals surface area (Å²) in [6.45, 7) is 18.2. The van der Waals surface area contributed by atoms with Gasteiger partial charge in [0.05, 0.1) is 5.92 Å². The lowest BCUT2D eigenvalue weighted by molar-refractivity contribution is -0.140. The molecule has 57 heavy (non-hydrogen) atoms. The number of piperidine rings is 1. The van der Waals surface area contributed by atoms with Crippen molar-refractivity contribution in [1.29, 1.82) is 0 Å². The minimum Gasteiger partial charge on any atom is -0.445 e. The topological polar surface area (TPSA) is 212 Å². The molecule has 0 aromatic heterocycles. The van der Waals surface area contributed by atoms with Crippen LogP contribution in [0.4, 0.5) is 10.5 Å². The van der Waals surface area contributed by atoms with Gasteiger partial charge in [-0.3, -0.25) is 39.9 Å². The zero-order valence-electron chi connectivity index (χ0n) is 35.4. The molecule has 6 amide bonds. The normalized spacial score (nSPS) is 18.3. The first-order valence-electron chi connectivity index (χ1n) is 20.6. The zero-order chi connectivity index (χ0) is 42.5. The van der Waals surface area contributed by atoms with Crippen molar-refractivity contribution < 1.29 is 38.6 Å². The molecule has 2 unspecified atom stereocenters. The standard InChI is InChI=1S/C42H69N7O8/c1-27(2)35(47-33(50)14-10-9-11-22-49-34(51)25-31(38(49)54)42(6,7)8)37(53)46-32(13-12-21-44-39(43)55)36(52)45-30-17-15-28(16-18-30)26-57-40(56)48-23-19-29(20-24-48)41(3,4)5/h15-18,27,29,31-32,35,39,44,55H,9-14,19-26,43H2,1-8H3,(H,45,52)(H,46,53)(H,47,50)/t31?,32-,35-,39?/m0/s1. The molecule has 2 aliphatic heterocycles. The predicted octanol–water partition coefficient (Wildman–Crippen LogP) is 4.23. The number of aliphatic hydroxyl groups is 1. The van der Waals surface area contributed by atoms with E-state index in [1.807, 2.05) is 20.8 Å². The number of amides is 6. The van der Waals surface area contributed by atoms with E-state index >= 15 is 0 Å². The molecule has 3 rings (SSSR count). The average Bonchev–Trinajstić information content (AvgIpc) is 3.43. The van der Waals surface area contributed by atoms with Gasteiger partial charge in [0.2, 0.25) is 29.5 Å². The minimum atomic E-state index is -1.23. The maximum Gasteiger partial charge on any atom is 0.410 e. The highest BCUT2D eigenvalue weighted by molar-refractivity contribution is 6.04. The molecule has 2 saturated heterocycles. The number of unbranched alkanes of at least 4 members (excludes halogenated alkanes) is 2. The molecule has 15 nitrogen and oxygen atoms in total. The highest BCUT2D eigenvalue weighted by atomic mass is 16.6. The number of nitrogens with two attached hydrogens (primary N) is 1. The number of benzene rings is 1. The lowest BCUT2D eigenvalue weighted by Crippen LogP contribution is -2.54. The quantitative estimate of drug-likeness (QED) is 0.0666. The molecule has 0 spiro atoms. The van der Waals surface area contributed by atoms with E-state index in [-0.39, 0.29) is 72.3 Å². The maximum absolute atomic E-state index is 13.6. The van der Waals surface area contributed by atoms with Crippen LogP contribution in [0.5, 0.6) is 0 Å². The summed E-state index contributed by atoms with van der Waals surface area (Å²) in [4.78, 5) is 81.0. The van der Waals surface area contributed by atoms with Crippen LogP contribution in [0.3, 0.4) is 0 Å². The second kappa shape index (κ2) is 21.6. The van der Waals surface area contributed by atoms with Crippen molar-refractivity contribution in [3.05, 3.63) is 29.8 Å².